The third kappa shape index (κ3) is 6.48. The zero-order chi connectivity index (χ0) is 26.5. The Morgan fingerprint density at radius 3 is 2.69 bits per heavy atom. The molecule has 1 aromatic heterocycles. The maximum Gasteiger partial charge on any atom is 0.459 e. The molecule has 0 unspecified atom stereocenters. The van der Waals surface area contributed by atoms with Gasteiger partial charge in [0.05, 0.1) is 13.2 Å². The summed E-state index contributed by atoms with van der Waals surface area (Å²) in [7, 11) is -4.29. The largest absolute Gasteiger partial charge is 0.493 e. The van der Waals surface area contributed by atoms with Crippen LogP contribution in [0.1, 0.15) is 33.4 Å². The zero-order valence-corrected chi connectivity index (χ0v) is 20.8. The molecule has 1 aliphatic heterocycles. The molecule has 1 aliphatic rings. The lowest BCUT2D eigenvalue weighted by Crippen LogP contribution is -2.43. The number of nitrogens with zero attached hydrogens (tertiary/aromatic N) is 2. The molecule has 0 radical (unpaired) electrons. The van der Waals surface area contributed by atoms with Gasteiger partial charge in [-0.05, 0) is 32.4 Å². The lowest BCUT2D eigenvalue weighted by Gasteiger charge is -2.25. The number of carbonyl (C=O) groups excluding carboxylic acids is 1. The van der Waals surface area contributed by atoms with Gasteiger partial charge in [0.25, 0.3) is 0 Å². The number of aromatic hydroxyl groups is 1. The second-order valence-corrected chi connectivity index (χ2v) is 10.0. The van der Waals surface area contributed by atoms with Gasteiger partial charge in [-0.2, -0.15) is 10.1 Å². The van der Waals surface area contributed by atoms with Crippen LogP contribution in [0.25, 0.3) is 0 Å². The van der Waals surface area contributed by atoms with Gasteiger partial charge in [0.2, 0.25) is 5.88 Å². The van der Waals surface area contributed by atoms with E-state index in [0.29, 0.717) is 6.42 Å². The van der Waals surface area contributed by atoms with E-state index < -0.39 is 62.0 Å². The summed E-state index contributed by atoms with van der Waals surface area (Å²) in [6, 6.07) is 7.95. The van der Waals surface area contributed by atoms with Crippen molar-refractivity contribution in [2.75, 3.05) is 13.2 Å². The highest BCUT2D eigenvalue weighted by Gasteiger charge is 2.56. The van der Waals surface area contributed by atoms with Crippen LogP contribution < -0.4 is 15.3 Å². The Morgan fingerprint density at radius 2 is 2.06 bits per heavy atom. The maximum absolute atomic E-state index is 15.4. The summed E-state index contributed by atoms with van der Waals surface area (Å²) in [6.45, 7) is 3.78. The molecule has 6 atom stereocenters. The highest BCUT2D eigenvalue weighted by molar-refractivity contribution is 7.52. The van der Waals surface area contributed by atoms with Gasteiger partial charge >= 0.3 is 19.4 Å². The van der Waals surface area contributed by atoms with Crippen LogP contribution in [0.15, 0.2) is 47.4 Å². The standard InChI is InChI=1S/C22H29FN3O9P/c1-4-12-32-19(29)14(2)25-36(31,35-15-8-6-5-7-9-15)33-13-16-18(28)22(3,23)20(34-16)26-11-10-17(27)24-21(26)30/h5-11,14,16,18,20,28H,4,12-13H2,1-3H3,(H,25,31)(H,24,27,30)/t14-,16+,18+,20+,22+,36+/m0/s1. The van der Waals surface area contributed by atoms with Gasteiger partial charge in [0, 0.05) is 12.3 Å². The van der Waals surface area contributed by atoms with Crippen LogP contribution in [0.4, 0.5) is 4.39 Å². The molecule has 0 saturated carbocycles. The van der Waals surface area contributed by atoms with Gasteiger partial charge in [-0.3, -0.25) is 13.9 Å². The molecular formula is C22H29FN3O9P. The predicted molar refractivity (Wildman–Crippen MR) is 124 cm³/mol. The summed E-state index contributed by atoms with van der Waals surface area (Å²) in [5.74, 6) is -1.10. The van der Waals surface area contributed by atoms with E-state index in [1.54, 1.807) is 18.2 Å². The van der Waals surface area contributed by atoms with Gasteiger partial charge in [0.1, 0.15) is 24.0 Å². The molecule has 0 aliphatic carbocycles. The Kier molecular flexibility index (Phi) is 8.85. The monoisotopic (exact) mass is 529 g/mol. The van der Waals surface area contributed by atoms with Crippen molar-refractivity contribution >= 4 is 13.7 Å². The van der Waals surface area contributed by atoms with E-state index in [2.05, 4.69) is 10.1 Å². The topological polar surface area (TPSA) is 158 Å². The van der Waals surface area contributed by atoms with Gasteiger partial charge in [-0.25, -0.2) is 13.8 Å². The normalized spacial score (nSPS) is 26.2. The van der Waals surface area contributed by atoms with Crippen LogP contribution in [-0.4, -0.2) is 62.9 Å². The summed E-state index contributed by atoms with van der Waals surface area (Å²) >= 11 is 0. The van der Waals surface area contributed by atoms with Crippen molar-refractivity contribution in [2.24, 2.45) is 0 Å². The molecule has 1 fully saturated rings. The second-order valence-electron chi connectivity index (χ2n) is 8.31. The predicted octanol–water partition coefficient (Wildman–Crippen LogP) is 2.07. The number of aliphatic hydroxyl groups excluding tert-OH is 1. The van der Waals surface area contributed by atoms with Crippen molar-refractivity contribution in [3.05, 3.63) is 53.1 Å². The molecule has 0 amide bonds. The molecule has 198 valence electrons. The molecule has 1 aromatic carbocycles. The van der Waals surface area contributed by atoms with Crippen molar-refractivity contribution in [1.29, 1.82) is 0 Å². The number of halogens is 1. The number of aromatic nitrogens is 2. The van der Waals surface area contributed by atoms with E-state index in [-0.39, 0.29) is 12.4 Å². The molecule has 0 spiro atoms. The average Bonchev–Trinajstić information content (AvgIpc) is 3.05. The number of alkyl halides is 1. The Morgan fingerprint density at radius 1 is 1.36 bits per heavy atom. The van der Waals surface area contributed by atoms with Crippen LogP contribution in [0, 0.1) is 0 Å². The lowest BCUT2D eigenvalue weighted by atomic mass is 9.98. The van der Waals surface area contributed by atoms with Crippen LogP contribution in [0.2, 0.25) is 0 Å². The number of nitrogens with one attached hydrogen (secondary N) is 1. The third-order valence-corrected chi connectivity index (χ3v) is 6.96. The molecule has 36 heavy (non-hydrogen) atoms. The number of benzene rings is 1. The van der Waals surface area contributed by atoms with Crippen molar-refractivity contribution < 1.29 is 42.5 Å². The van der Waals surface area contributed by atoms with Gasteiger partial charge < -0.3 is 24.2 Å². The smallest absolute Gasteiger partial charge is 0.459 e. The third-order valence-electron chi connectivity index (χ3n) is 5.32. The van der Waals surface area contributed by atoms with Gasteiger partial charge in [-0.1, -0.05) is 25.1 Å². The number of rotatable bonds is 11. The molecule has 12 nitrogen and oxygen atoms in total. The van der Waals surface area contributed by atoms with Crippen molar-refractivity contribution in [3.63, 3.8) is 0 Å². The number of aliphatic hydroxyl groups is 1. The van der Waals surface area contributed by atoms with Gasteiger partial charge in [0.15, 0.2) is 11.9 Å². The van der Waals surface area contributed by atoms with Crippen molar-refractivity contribution in [2.45, 2.75) is 57.3 Å². The van der Waals surface area contributed by atoms with Crippen LogP contribution in [-0.2, 0) is 23.4 Å². The first-order valence-corrected chi connectivity index (χ1v) is 12.8. The number of para-hydroxylation sites is 1. The zero-order valence-electron chi connectivity index (χ0n) is 19.9. The molecule has 0 bridgehead atoms. The highest BCUT2D eigenvalue weighted by atomic mass is 31.2. The van der Waals surface area contributed by atoms with E-state index in [0.717, 1.165) is 23.8 Å². The lowest BCUT2D eigenvalue weighted by molar-refractivity contribution is -0.145. The average molecular weight is 529 g/mol. The molecule has 14 heteroatoms. The Bertz CT molecular complexity index is 1150. The van der Waals surface area contributed by atoms with Crippen molar-refractivity contribution in [1.82, 2.24) is 14.6 Å². The second kappa shape index (κ2) is 11.5. The van der Waals surface area contributed by atoms with Crippen molar-refractivity contribution in [3.8, 4) is 11.6 Å². The Labute approximate surface area is 206 Å². The van der Waals surface area contributed by atoms with Crippen LogP contribution in [0.5, 0.6) is 11.6 Å². The SMILES string of the molecule is CCCOC(=O)[C@H](C)N[P@@](=O)(OC[C@H]1O[C@@H](n2ccc(O)nc2=O)[C@](C)(F)[C@@H]1O)Oc1ccccc1. The molecular weight excluding hydrogens is 500 g/mol. The maximum atomic E-state index is 15.4. The van der Waals surface area contributed by atoms with Crippen LogP contribution in [0.3, 0.4) is 0 Å². The minimum Gasteiger partial charge on any atom is -0.493 e. The first kappa shape index (κ1) is 27.8. The summed E-state index contributed by atoms with van der Waals surface area (Å²) in [5.41, 5.74) is -3.48. The fraction of sp³-hybridized carbons (Fsp3) is 0.500. The molecule has 1 saturated heterocycles. The van der Waals surface area contributed by atoms with Crippen LogP contribution >= 0.6 is 7.75 Å². The first-order valence-electron chi connectivity index (χ1n) is 11.2. The van der Waals surface area contributed by atoms with E-state index in [1.165, 1.54) is 19.1 Å². The summed E-state index contributed by atoms with van der Waals surface area (Å²) in [5, 5.41) is 22.4. The van der Waals surface area contributed by atoms with E-state index in [4.69, 9.17) is 18.5 Å². The quantitative estimate of drug-likeness (QED) is 0.289. The van der Waals surface area contributed by atoms with E-state index in [9.17, 15) is 24.4 Å². The number of ether oxygens (including phenoxy) is 2. The molecule has 3 rings (SSSR count). The summed E-state index contributed by atoms with van der Waals surface area (Å²) in [6.07, 6.45) is -3.15. The molecule has 2 aromatic rings. The molecule has 3 N–H and O–H groups in total. The summed E-state index contributed by atoms with van der Waals surface area (Å²) < 4.78 is 51.3. The Hall–Kier alpha value is -2.83. The summed E-state index contributed by atoms with van der Waals surface area (Å²) in [4.78, 5) is 27.6. The minimum absolute atomic E-state index is 0.158. The number of hydrogen-bond acceptors (Lipinski definition) is 10. The number of hydrogen-bond donors (Lipinski definition) is 3. The number of carbonyl (C=O) groups is 1. The first-order chi connectivity index (χ1) is 17.0. The fourth-order valence-electron chi connectivity index (χ4n) is 3.43. The Balaban J connectivity index is 1.78. The van der Waals surface area contributed by atoms with E-state index in [1.807, 2.05) is 6.92 Å². The number of esters is 1. The minimum atomic E-state index is -4.29. The highest BCUT2D eigenvalue weighted by Crippen LogP contribution is 2.47. The molecule has 2 heterocycles. The fourth-order valence-corrected chi connectivity index (χ4v) is 4.93. The van der Waals surface area contributed by atoms with Gasteiger partial charge in [-0.15, -0.1) is 0 Å². The van der Waals surface area contributed by atoms with E-state index >= 15 is 4.39 Å².